The highest BCUT2D eigenvalue weighted by Crippen LogP contribution is 2.28. The molecule has 1 aromatic carbocycles. The van der Waals surface area contributed by atoms with Gasteiger partial charge in [0.05, 0.1) is 6.10 Å². The van der Waals surface area contributed by atoms with Crippen LogP contribution < -0.4 is 4.90 Å². The smallest absolute Gasteiger partial charge is 0.0608 e. The molecule has 18 heavy (non-hydrogen) atoms. The Morgan fingerprint density at radius 1 is 1.33 bits per heavy atom. The molecular formula is C14H19Cl2NO. The topological polar surface area (TPSA) is 12.5 Å². The average molecular weight is 288 g/mol. The first-order valence-corrected chi connectivity index (χ1v) is 7.36. The third kappa shape index (κ3) is 3.31. The standard InChI is InChI=1S/C14H19Cl2NO/c1-2-18-13-5-7-17(8-6-13)14-4-3-12(16)9-11(14)10-15/h3-4,9,13H,2,5-8,10H2,1H3. The molecule has 0 atom stereocenters. The lowest BCUT2D eigenvalue weighted by Gasteiger charge is -2.34. The summed E-state index contributed by atoms with van der Waals surface area (Å²) in [6.07, 6.45) is 2.58. The quantitative estimate of drug-likeness (QED) is 0.774. The van der Waals surface area contributed by atoms with Crippen LogP contribution in [0.25, 0.3) is 0 Å². The van der Waals surface area contributed by atoms with Gasteiger partial charge in [0.25, 0.3) is 0 Å². The summed E-state index contributed by atoms with van der Waals surface area (Å²) < 4.78 is 5.67. The van der Waals surface area contributed by atoms with Gasteiger partial charge in [-0.1, -0.05) is 11.6 Å². The molecule has 1 aliphatic rings. The predicted octanol–water partition coefficient (Wildman–Crippen LogP) is 4.08. The molecule has 1 aliphatic heterocycles. The van der Waals surface area contributed by atoms with Crippen molar-refractivity contribution in [1.29, 1.82) is 0 Å². The third-order valence-electron chi connectivity index (χ3n) is 3.37. The van der Waals surface area contributed by atoms with E-state index in [4.69, 9.17) is 27.9 Å². The summed E-state index contributed by atoms with van der Waals surface area (Å²) in [5, 5.41) is 0.749. The second kappa shape index (κ2) is 6.65. The van der Waals surface area contributed by atoms with Crippen LogP contribution in [0.3, 0.4) is 0 Å². The van der Waals surface area contributed by atoms with Gasteiger partial charge in [-0.05, 0) is 43.5 Å². The van der Waals surface area contributed by atoms with Crippen LogP contribution in [0.5, 0.6) is 0 Å². The van der Waals surface area contributed by atoms with Crippen LogP contribution >= 0.6 is 23.2 Å². The van der Waals surface area contributed by atoms with Crippen molar-refractivity contribution >= 4 is 28.9 Å². The lowest BCUT2D eigenvalue weighted by atomic mass is 10.1. The van der Waals surface area contributed by atoms with E-state index in [0.29, 0.717) is 12.0 Å². The number of alkyl halides is 1. The highest BCUT2D eigenvalue weighted by molar-refractivity contribution is 6.30. The Morgan fingerprint density at radius 2 is 2.06 bits per heavy atom. The predicted molar refractivity (Wildman–Crippen MR) is 77.9 cm³/mol. The largest absolute Gasteiger partial charge is 0.378 e. The molecule has 0 unspecified atom stereocenters. The van der Waals surface area contributed by atoms with E-state index >= 15 is 0 Å². The molecule has 1 fully saturated rings. The van der Waals surface area contributed by atoms with Crippen molar-refractivity contribution in [3.05, 3.63) is 28.8 Å². The highest BCUT2D eigenvalue weighted by Gasteiger charge is 2.20. The van der Waals surface area contributed by atoms with Gasteiger partial charge in [0.1, 0.15) is 0 Å². The molecule has 0 aliphatic carbocycles. The first-order chi connectivity index (χ1) is 8.74. The minimum absolute atomic E-state index is 0.415. The number of piperidine rings is 1. The van der Waals surface area contributed by atoms with Crippen LogP contribution in [0.15, 0.2) is 18.2 Å². The maximum absolute atomic E-state index is 6.00. The van der Waals surface area contributed by atoms with Gasteiger partial charge >= 0.3 is 0 Å². The van der Waals surface area contributed by atoms with E-state index in [-0.39, 0.29) is 0 Å². The first kappa shape index (κ1) is 14.0. The Bertz CT molecular complexity index is 389. The number of rotatable bonds is 4. The summed E-state index contributed by atoms with van der Waals surface area (Å²) in [7, 11) is 0. The zero-order chi connectivity index (χ0) is 13.0. The minimum atomic E-state index is 0.415. The van der Waals surface area contributed by atoms with Crippen molar-refractivity contribution in [2.75, 3.05) is 24.6 Å². The molecule has 0 radical (unpaired) electrons. The molecule has 2 nitrogen and oxygen atoms in total. The van der Waals surface area contributed by atoms with Crippen LogP contribution in [0.4, 0.5) is 5.69 Å². The van der Waals surface area contributed by atoms with E-state index in [1.54, 1.807) is 0 Å². The molecular weight excluding hydrogens is 269 g/mol. The number of hydrogen-bond donors (Lipinski definition) is 0. The molecule has 0 amide bonds. The summed E-state index contributed by atoms with van der Waals surface area (Å²) in [6.45, 7) is 4.90. The number of nitrogens with zero attached hydrogens (tertiary/aromatic N) is 1. The second-order valence-electron chi connectivity index (χ2n) is 4.55. The summed E-state index contributed by atoms with van der Waals surface area (Å²) in [5.41, 5.74) is 2.32. The molecule has 100 valence electrons. The van der Waals surface area contributed by atoms with E-state index in [1.165, 1.54) is 5.69 Å². The molecule has 0 saturated carbocycles. The molecule has 0 N–H and O–H groups in total. The van der Waals surface area contributed by atoms with Crippen molar-refractivity contribution in [2.24, 2.45) is 0 Å². The lowest BCUT2D eigenvalue weighted by molar-refractivity contribution is 0.0459. The Hall–Kier alpha value is -0.440. The SMILES string of the molecule is CCOC1CCN(c2ccc(Cl)cc2CCl)CC1. The first-order valence-electron chi connectivity index (χ1n) is 6.45. The number of anilines is 1. The molecule has 0 aromatic heterocycles. The summed E-state index contributed by atoms with van der Waals surface area (Å²) in [4.78, 5) is 2.38. The summed E-state index contributed by atoms with van der Waals surface area (Å²) >= 11 is 12.0. The summed E-state index contributed by atoms with van der Waals surface area (Å²) in [5.74, 6) is 0.501. The van der Waals surface area contributed by atoms with Gasteiger partial charge in [0, 0.05) is 36.3 Å². The van der Waals surface area contributed by atoms with Gasteiger partial charge < -0.3 is 9.64 Å². The maximum Gasteiger partial charge on any atom is 0.0608 e. The van der Waals surface area contributed by atoms with Gasteiger partial charge in [-0.15, -0.1) is 11.6 Å². The second-order valence-corrected chi connectivity index (χ2v) is 5.25. The number of benzene rings is 1. The van der Waals surface area contributed by atoms with Gasteiger partial charge in [0.15, 0.2) is 0 Å². The fourth-order valence-corrected chi connectivity index (χ4v) is 2.88. The third-order valence-corrected chi connectivity index (χ3v) is 3.89. The van der Waals surface area contributed by atoms with E-state index in [9.17, 15) is 0 Å². The van der Waals surface area contributed by atoms with Crippen LogP contribution in [-0.2, 0) is 10.6 Å². The van der Waals surface area contributed by atoms with Crippen molar-refractivity contribution in [3.8, 4) is 0 Å². The van der Waals surface area contributed by atoms with Crippen molar-refractivity contribution < 1.29 is 4.74 Å². The van der Waals surface area contributed by atoms with Crippen LogP contribution in [0.1, 0.15) is 25.3 Å². The van der Waals surface area contributed by atoms with Gasteiger partial charge in [-0.3, -0.25) is 0 Å². The number of halogens is 2. The molecule has 0 bridgehead atoms. The van der Waals surface area contributed by atoms with E-state index < -0.39 is 0 Å². The number of ether oxygens (including phenoxy) is 1. The van der Waals surface area contributed by atoms with Gasteiger partial charge in [-0.25, -0.2) is 0 Å². The Kier molecular flexibility index (Phi) is 5.16. The van der Waals surface area contributed by atoms with Crippen LogP contribution in [0.2, 0.25) is 5.02 Å². The maximum atomic E-state index is 6.00. The Balaban J connectivity index is 2.05. The normalized spacial score (nSPS) is 17.2. The van der Waals surface area contributed by atoms with Crippen molar-refractivity contribution in [1.82, 2.24) is 0 Å². The summed E-state index contributed by atoms with van der Waals surface area (Å²) in [6, 6.07) is 5.96. The Labute approximate surface area is 119 Å². The van der Waals surface area contributed by atoms with Crippen molar-refractivity contribution in [2.45, 2.75) is 31.7 Å². The Morgan fingerprint density at radius 3 is 2.67 bits per heavy atom. The van der Waals surface area contributed by atoms with Gasteiger partial charge in [0.2, 0.25) is 0 Å². The van der Waals surface area contributed by atoms with E-state index in [2.05, 4.69) is 17.9 Å². The molecule has 1 heterocycles. The van der Waals surface area contributed by atoms with Crippen LogP contribution in [-0.4, -0.2) is 25.8 Å². The fraction of sp³-hybridized carbons (Fsp3) is 0.571. The molecule has 2 rings (SSSR count). The fourth-order valence-electron chi connectivity index (χ4n) is 2.47. The molecule has 1 saturated heterocycles. The monoisotopic (exact) mass is 287 g/mol. The molecule has 0 spiro atoms. The minimum Gasteiger partial charge on any atom is -0.378 e. The van der Waals surface area contributed by atoms with Gasteiger partial charge in [-0.2, -0.15) is 0 Å². The average Bonchev–Trinajstić information content (AvgIpc) is 2.40. The molecule has 1 aromatic rings. The number of hydrogen-bond acceptors (Lipinski definition) is 2. The zero-order valence-corrected chi connectivity index (χ0v) is 12.2. The zero-order valence-electron chi connectivity index (χ0n) is 10.7. The molecule has 4 heteroatoms. The van der Waals surface area contributed by atoms with E-state index in [1.807, 2.05) is 12.1 Å². The highest BCUT2D eigenvalue weighted by atomic mass is 35.5. The van der Waals surface area contributed by atoms with Crippen molar-refractivity contribution in [3.63, 3.8) is 0 Å². The lowest BCUT2D eigenvalue weighted by Crippen LogP contribution is -2.37. The van der Waals surface area contributed by atoms with E-state index in [0.717, 1.165) is 43.1 Å². The van der Waals surface area contributed by atoms with Crippen LogP contribution in [0, 0.1) is 0 Å².